The van der Waals surface area contributed by atoms with Crippen LogP contribution in [-0.4, -0.2) is 37.1 Å². The van der Waals surface area contributed by atoms with Gasteiger partial charge < -0.3 is 25.8 Å². The van der Waals surface area contributed by atoms with E-state index in [1.807, 2.05) is 24.3 Å². The SMILES string of the molecule is NC(=NCc1ccc(N2CCC(CO)CC2)cc1)Nc1ccccc1OC(F)(F)F. The number of piperidine rings is 1. The molecule has 0 amide bonds. The molecule has 0 saturated carbocycles. The quantitative estimate of drug-likeness (QED) is 0.488. The molecule has 0 radical (unpaired) electrons. The van der Waals surface area contributed by atoms with Crippen LogP contribution in [0.2, 0.25) is 0 Å². The Morgan fingerprint density at radius 3 is 2.43 bits per heavy atom. The molecule has 1 aliphatic heterocycles. The number of ether oxygens (including phenoxy) is 1. The molecule has 9 heteroatoms. The van der Waals surface area contributed by atoms with Crippen LogP contribution in [-0.2, 0) is 6.54 Å². The maximum atomic E-state index is 12.5. The molecule has 2 aromatic carbocycles. The van der Waals surface area contributed by atoms with Gasteiger partial charge in [-0.25, -0.2) is 4.99 Å². The minimum atomic E-state index is -4.79. The molecule has 0 aromatic heterocycles. The lowest BCUT2D eigenvalue weighted by Crippen LogP contribution is -2.34. The molecule has 2 aromatic rings. The van der Waals surface area contributed by atoms with Crippen molar-refractivity contribution in [3.8, 4) is 5.75 Å². The number of nitrogens with two attached hydrogens (primary N) is 1. The van der Waals surface area contributed by atoms with Gasteiger partial charge in [0.05, 0.1) is 12.2 Å². The highest BCUT2D eigenvalue weighted by atomic mass is 19.4. The van der Waals surface area contributed by atoms with Crippen LogP contribution in [0.15, 0.2) is 53.5 Å². The Kier molecular flexibility index (Phi) is 7.04. The number of anilines is 2. The van der Waals surface area contributed by atoms with E-state index in [-0.39, 0.29) is 30.5 Å². The predicted octanol–water partition coefficient (Wildman–Crippen LogP) is 3.72. The molecule has 0 aliphatic carbocycles. The molecule has 6 nitrogen and oxygen atoms in total. The number of halogens is 3. The van der Waals surface area contributed by atoms with E-state index in [0.29, 0.717) is 5.92 Å². The molecule has 1 saturated heterocycles. The van der Waals surface area contributed by atoms with E-state index in [2.05, 4.69) is 19.9 Å². The Hall–Kier alpha value is -2.94. The topological polar surface area (TPSA) is 83.1 Å². The number of aliphatic hydroxyl groups excluding tert-OH is 1. The smallest absolute Gasteiger partial charge is 0.404 e. The van der Waals surface area contributed by atoms with E-state index in [0.717, 1.165) is 37.2 Å². The highest BCUT2D eigenvalue weighted by Crippen LogP contribution is 2.29. The summed E-state index contributed by atoms with van der Waals surface area (Å²) in [6.07, 6.45) is -2.84. The largest absolute Gasteiger partial charge is 0.573 e. The summed E-state index contributed by atoms with van der Waals surface area (Å²) in [7, 11) is 0. The fourth-order valence-electron chi connectivity index (χ4n) is 3.32. The monoisotopic (exact) mass is 422 g/mol. The summed E-state index contributed by atoms with van der Waals surface area (Å²) in [5.41, 5.74) is 7.95. The third kappa shape index (κ3) is 6.28. The molecule has 162 valence electrons. The second-order valence-electron chi connectivity index (χ2n) is 7.15. The van der Waals surface area contributed by atoms with Crippen LogP contribution in [0.5, 0.6) is 5.75 Å². The zero-order valence-corrected chi connectivity index (χ0v) is 16.4. The normalized spacial score (nSPS) is 15.9. The third-order valence-electron chi connectivity index (χ3n) is 4.98. The molecular formula is C21H25F3N4O2. The van der Waals surface area contributed by atoms with Gasteiger partial charge in [-0.15, -0.1) is 13.2 Å². The van der Waals surface area contributed by atoms with E-state index < -0.39 is 6.36 Å². The fraction of sp³-hybridized carbons (Fsp3) is 0.381. The maximum absolute atomic E-state index is 12.5. The number of rotatable bonds is 6. The van der Waals surface area contributed by atoms with Crippen molar-refractivity contribution in [2.45, 2.75) is 25.7 Å². The van der Waals surface area contributed by atoms with Crippen molar-refractivity contribution in [2.24, 2.45) is 16.6 Å². The van der Waals surface area contributed by atoms with Gasteiger partial charge in [0.15, 0.2) is 11.7 Å². The van der Waals surface area contributed by atoms with E-state index in [9.17, 15) is 18.3 Å². The zero-order chi connectivity index (χ0) is 21.6. The van der Waals surface area contributed by atoms with Crippen LogP contribution >= 0.6 is 0 Å². The van der Waals surface area contributed by atoms with Gasteiger partial charge in [0.1, 0.15) is 0 Å². The zero-order valence-electron chi connectivity index (χ0n) is 16.4. The van der Waals surface area contributed by atoms with Crippen molar-refractivity contribution in [1.82, 2.24) is 0 Å². The van der Waals surface area contributed by atoms with Gasteiger partial charge in [-0.1, -0.05) is 24.3 Å². The standard InChI is InChI=1S/C21H25F3N4O2/c22-21(23,24)30-19-4-2-1-3-18(19)27-20(25)26-13-15-5-7-17(8-6-15)28-11-9-16(14-29)10-12-28/h1-8,16,29H,9-14H2,(H3,25,26,27). The van der Waals surface area contributed by atoms with Gasteiger partial charge in [0.2, 0.25) is 0 Å². The minimum Gasteiger partial charge on any atom is -0.404 e. The van der Waals surface area contributed by atoms with Crippen LogP contribution in [0.1, 0.15) is 18.4 Å². The summed E-state index contributed by atoms with van der Waals surface area (Å²) in [6.45, 7) is 2.36. The van der Waals surface area contributed by atoms with Gasteiger partial charge in [-0.3, -0.25) is 0 Å². The van der Waals surface area contributed by atoms with Gasteiger partial charge >= 0.3 is 6.36 Å². The summed E-state index contributed by atoms with van der Waals surface area (Å²) >= 11 is 0. The van der Waals surface area contributed by atoms with E-state index in [1.165, 1.54) is 18.2 Å². The summed E-state index contributed by atoms with van der Waals surface area (Å²) < 4.78 is 41.5. The number of nitrogens with one attached hydrogen (secondary N) is 1. The van der Waals surface area contributed by atoms with Gasteiger partial charge in [-0.05, 0) is 48.6 Å². The van der Waals surface area contributed by atoms with Crippen molar-refractivity contribution < 1.29 is 23.0 Å². The maximum Gasteiger partial charge on any atom is 0.573 e. The molecule has 0 bridgehead atoms. The Bertz CT molecular complexity index is 848. The van der Waals surface area contributed by atoms with Crippen molar-refractivity contribution >= 4 is 17.3 Å². The number of aliphatic imine (C=N–C) groups is 1. The number of hydrogen-bond donors (Lipinski definition) is 3. The molecule has 3 rings (SSSR count). The number of benzene rings is 2. The average Bonchev–Trinajstić information content (AvgIpc) is 2.73. The molecular weight excluding hydrogens is 397 g/mol. The lowest BCUT2D eigenvalue weighted by atomic mass is 9.97. The van der Waals surface area contributed by atoms with Crippen molar-refractivity contribution in [1.29, 1.82) is 0 Å². The number of alkyl halides is 3. The van der Waals surface area contributed by atoms with Crippen LogP contribution in [0.3, 0.4) is 0 Å². The molecule has 1 heterocycles. The van der Waals surface area contributed by atoms with Crippen LogP contribution in [0, 0.1) is 5.92 Å². The summed E-state index contributed by atoms with van der Waals surface area (Å²) in [6, 6.07) is 13.6. The first-order valence-electron chi connectivity index (χ1n) is 9.70. The molecule has 1 aliphatic rings. The average molecular weight is 422 g/mol. The lowest BCUT2D eigenvalue weighted by Gasteiger charge is -2.32. The molecule has 0 unspecified atom stereocenters. The molecule has 4 N–H and O–H groups in total. The van der Waals surface area contributed by atoms with Crippen LogP contribution in [0.25, 0.3) is 0 Å². The van der Waals surface area contributed by atoms with E-state index >= 15 is 0 Å². The van der Waals surface area contributed by atoms with Crippen LogP contribution < -0.4 is 20.7 Å². The Labute approximate surface area is 173 Å². The number of hydrogen-bond acceptors (Lipinski definition) is 4. The number of guanidine groups is 1. The summed E-state index contributed by atoms with van der Waals surface area (Å²) in [5.74, 6) is -0.00199. The van der Waals surface area contributed by atoms with Crippen molar-refractivity contribution in [3.63, 3.8) is 0 Å². The highest BCUT2D eigenvalue weighted by Gasteiger charge is 2.32. The van der Waals surface area contributed by atoms with Crippen molar-refractivity contribution in [2.75, 3.05) is 29.9 Å². The molecule has 30 heavy (non-hydrogen) atoms. The predicted molar refractivity (Wildman–Crippen MR) is 111 cm³/mol. The van der Waals surface area contributed by atoms with Gasteiger partial charge in [0, 0.05) is 25.4 Å². The van der Waals surface area contributed by atoms with E-state index in [1.54, 1.807) is 6.07 Å². The second-order valence-corrected chi connectivity index (χ2v) is 7.15. The number of aliphatic hydroxyl groups is 1. The summed E-state index contributed by atoms with van der Waals surface area (Å²) in [5, 5.41) is 11.9. The van der Waals surface area contributed by atoms with Gasteiger partial charge in [-0.2, -0.15) is 0 Å². The Morgan fingerprint density at radius 2 is 1.80 bits per heavy atom. The first kappa shape index (κ1) is 21.8. The van der Waals surface area contributed by atoms with E-state index in [4.69, 9.17) is 5.73 Å². The third-order valence-corrected chi connectivity index (χ3v) is 4.98. The Morgan fingerprint density at radius 1 is 1.13 bits per heavy atom. The number of nitrogens with zero attached hydrogens (tertiary/aromatic N) is 2. The van der Waals surface area contributed by atoms with Crippen molar-refractivity contribution in [3.05, 3.63) is 54.1 Å². The highest BCUT2D eigenvalue weighted by molar-refractivity contribution is 5.93. The first-order valence-corrected chi connectivity index (χ1v) is 9.70. The molecule has 0 spiro atoms. The summed E-state index contributed by atoms with van der Waals surface area (Å²) in [4.78, 5) is 6.48. The Balaban J connectivity index is 1.57. The van der Waals surface area contributed by atoms with Crippen LogP contribution in [0.4, 0.5) is 24.5 Å². The lowest BCUT2D eigenvalue weighted by molar-refractivity contribution is -0.274. The second kappa shape index (κ2) is 9.71. The minimum absolute atomic E-state index is 0.0108. The van der Waals surface area contributed by atoms with Gasteiger partial charge in [0.25, 0.3) is 0 Å². The molecule has 1 fully saturated rings. The molecule has 0 atom stereocenters. The number of para-hydroxylation sites is 2. The fourth-order valence-corrected chi connectivity index (χ4v) is 3.32. The first-order chi connectivity index (χ1) is 14.3.